The number of methoxy groups -OCH3 is 1. The lowest BCUT2D eigenvalue weighted by molar-refractivity contribution is 0.0871. The topological polar surface area (TPSA) is 107 Å². The molecular weight excluding hydrogens is 272 g/mol. The molecule has 2 rings (SSSR count). The molecule has 0 spiro atoms. The Bertz CT molecular complexity index is 612. The van der Waals surface area contributed by atoms with E-state index in [-0.39, 0.29) is 12.0 Å². The largest absolute Gasteiger partial charge is 0.380 e. The Morgan fingerprint density at radius 2 is 2.38 bits per heavy atom. The van der Waals surface area contributed by atoms with Crippen LogP contribution in [0.1, 0.15) is 17.3 Å². The standard InChI is InChI=1S/C13H20N6O2/c1-9(21-2)7-16-13(20)10-8-17-19-6-3-11(15-5-4-14)18-12(10)19/h3,6,8-9H,4-5,7,14H2,1-2H3,(H,15,18)(H,16,20). The van der Waals surface area contributed by atoms with Gasteiger partial charge in [0.05, 0.1) is 12.3 Å². The van der Waals surface area contributed by atoms with Crippen molar-refractivity contribution in [3.8, 4) is 0 Å². The van der Waals surface area contributed by atoms with E-state index in [2.05, 4.69) is 20.7 Å². The molecule has 0 saturated carbocycles. The van der Waals surface area contributed by atoms with Gasteiger partial charge in [0.15, 0.2) is 5.65 Å². The highest BCUT2D eigenvalue weighted by atomic mass is 16.5. The molecule has 0 aliphatic carbocycles. The SMILES string of the molecule is COC(C)CNC(=O)c1cnn2ccc(NCCN)nc12. The molecule has 0 aliphatic heterocycles. The van der Waals surface area contributed by atoms with Crippen molar-refractivity contribution in [2.75, 3.05) is 32.1 Å². The van der Waals surface area contributed by atoms with Gasteiger partial charge in [-0.3, -0.25) is 4.79 Å². The summed E-state index contributed by atoms with van der Waals surface area (Å²) in [5.74, 6) is 0.435. The maximum atomic E-state index is 12.2. The minimum Gasteiger partial charge on any atom is -0.380 e. The van der Waals surface area contributed by atoms with Gasteiger partial charge in [-0.05, 0) is 13.0 Å². The van der Waals surface area contributed by atoms with Crippen LogP contribution >= 0.6 is 0 Å². The second-order valence-electron chi connectivity index (χ2n) is 4.61. The fourth-order valence-electron chi connectivity index (χ4n) is 1.74. The second kappa shape index (κ2) is 7.00. The molecule has 8 heteroatoms. The van der Waals surface area contributed by atoms with Crippen LogP contribution in [0.25, 0.3) is 5.65 Å². The summed E-state index contributed by atoms with van der Waals surface area (Å²) in [5, 5.41) is 9.98. The van der Waals surface area contributed by atoms with Gasteiger partial charge in [0.25, 0.3) is 5.91 Å². The van der Waals surface area contributed by atoms with Gasteiger partial charge in [0.1, 0.15) is 11.4 Å². The molecule has 4 N–H and O–H groups in total. The first kappa shape index (κ1) is 15.2. The summed E-state index contributed by atoms with van der Waals surface area (Å²) in [4.78, 5) is 16.5. The molecule has 1 amide bonds. The third-order valence-electron chi connectivity index (χ3n) is 3.02. The van der Waals surface area contributed by atoms with E-state index in [1.165, 1.54) is 6.20 Å². The van der Waals surface area contributed by atoms with E-state index >= 15 is 0 Å². The summed E-state index contributed by atoms with van der Waals surface area (Å²) in [6.07, 6.45) is 3.20. The van der Waals surface area contributed by atoms with Crippen LogP contribution < -0.4 is 16.4 Å². The van der Waals surface area contributed by atoms with Crippen LogP contribution in [-0.2, 0) is 4.74 Å². The fraction of sp³-hybridized carbons (Fsp3) is 0.462. The Labute approximate surface area is 122 Å². The van der Waals surface area contributed by atoms with Crippen LogP contribution in [0.15, 0.2) is 18.5 Å². The summed E-state index contributed by atoms with van der Waals surface area (Å²) >= 11 is 0. The Kier molecular flexibility index (Phi) is 5.07. The number of anilines is 1. The first-order valence-corrected chi connectivity index (χ1v) is 6.75. The number of amides is 1. The molecule has 1 atom stereocenters. The zero-order valence-electron chi connectivity index (χ0n) is 12.2. The van der Waals surface area contributed by atoms with Crippen LogP contribution in [0.3, 0.4) is 0 Å². The van der Waals surface area contributed by atoms with Gasteiger partial charge in [0, 0.05) is 32.9 Å². The highest BCUT2D eigenvalue weighted by Crippen LogP contribution is 2.11. The lowest BCUT2D eigenvalue weighted by Crippen LogP contribution is -2.31. The number of carbonyl (C=O) groups is 1. The number of fused-ring (bicyclic) bond motifs is 1. The summed E-state index contributed by atoms with van der Waals surface area (Å²) < 4.78 is 6.65. The summed E-state index contributed by atoms with van der Waals surface area (Å²) in [7, 11) is 1.60. The minimum absolute atomic E-state index is 0.0504. The molecule has 0 bridgehead atoms. The van der Waals surface area contributed by atoms with E-state index in [0.717, 1.165) is 0 Å². The number of nitrogens with two attached hydrogens (primary N) is 1. The average Bonchev–Trinajstić information content (AvgIpc) is 2.93. The molecule has 114 valence electrons. The zero-order chi connectivity index (χ0) is 15.2. The predicted octanol–water partition coefficient (Wildman–Crippen LogP) is -0.135. The zero-order valence-corrected chi connectivity index (χ0v) is 12.2. The van der Waals surface area contributed by atoms with Gasteiger partial charge in [0.2, 0.25) is 0 Å². The first-order chi connectivity index (χ1) is 10.2. The van der Waals surface area contributed by atoms with Crippen LogP contribution in [0.5, 0.6) is 0 Å². The summed E-state index contributed by atoms with van der Waals surface area (Å²) in [6.45, 7) is 3.43. The van der Waals surface area contributed by atoms with Crippen LogP contribution in [0, 0.1) is 0 Å². The van der Waals surface area contributed by atoms with Gasteiger partial charge in [-0.2, -0.15) is 5.10 Å². The first-order valence-electron chi connectivity index (χ1n) is 6.75. The van der Waals surface area contributed by atoms with E-state index in [9.17, 15) is 4.79 Å². The molecule has 1 unspecified atom stereocenters. The number of aromatic nitrogens is 3. The van der Waals surface area contributed by atoms with Gasteiger partial charge in [-0.25, -0.2) is 9.50 Å². The van der Waals surface area contributed by atoms with E-state index in [1.54, 1.807) is 23.9 Å². The molecule has 21 heavy (non-hydrogen) atoms. The lowest BCUT2D eigenvalue weighted by atomic mass is 10.3. The quantitative estimate of drug-likeness (QED) is 0.656. The molecule has 0 fully saturated rings. The van der Waals surface area contributed by atoms with E-state index < -0.39 is 0 Å². The molecular formula is C13H20N6O2. The highest BCUT2D eigenvalue weighted by Gasteiger charge is 2.15. The lowest BCUT2D eigenvalue weighted by Gasteiger charge is -2.10. The Hall–Kier alpha value is -2.19. The number of ether oxygens (including phenoxy) is 1. The normalized spacial score (nSPS) is 12.3. The molecule has 2 aromatic heterocycles. The van der Waals surface area contributed by atoms with Crippen molar-refractivity contribution in [1.82, 2.24) is 19.9 Å². The third-order valence-corrected chi connectivity index (χ3v) is 3.02. The number of rotatable bonds is 7. The van der Waals surface area contributed by atoms with Crippen molar-refractivity contribution >= 4 is 17.4 Å². The van der Waals surface area contributed by atoms with Crippen LogP contribution in [0.4, 0.5) is 5.82 Å². The molecule has 0 radical (unpaired) electrons. The molecule has 0 aromatic carbocycles. The van der Waals surface area contributed by atoms with Gasteiger partial charge < -0.3 is 21.1 Å². The minimum atomic E-state index is -0.225. The Morgan fingerprint density at radius 3 is 3.10 bits per heavy atom. The Morgan fingerprint density at radius 1 is 1.57 bits per heavy atom. The molecule has 8 nitrogen and oxygen atoms in total. The number of nitrogens with zero attached hydrogens (tertiary/aromatic N) is 3. The van der Waals surface area contributed by atoms with Crippen LogP contribution in [-0.4, -0.2) is 53.4 Å². The van der Waals surface area contributed by atoms with E-state index in [1.807, 2.05) is 6.92 Å². The maximum Gasteiger partial charge on any atom is 0.256 e. The van der Waals surface area contributed by atoms with Crippen molar-refractivity contribution in [2.24, 2.45) is 5.73 Å². The summed E-state index contributed by atoms with van der Waals surface area (Å²) in [6, 6.07) is 1.78. The predicted molar refractivity (Wildman–Crippen MR) is 79.3 cm³/mol. The van der Waals surface area contributed by atoms with E-state index in [0.29, 0.717) is 36.7 Å². The van der Waals surface area contributed by atoms with Crippen molar-refractivity contribution in [3.63, 3.8) is 0 Å². The summed E-state index contributed by atoms with van der Waals surface area (Å²) in [5.41, 5.74) is 6.37. The number of hydrogen-bond donors (Lipinski definition) is 3. The monoisotopic (exact) mass is 292 g/mol. The van der Waals surface area contributed by atoms with Crippen molar-refractivity contribution in [2.45, 2.75) is 13.0 Å². The molecule has 0 aliphatic rings. The van der Waals surface area contributed by atoms with Gasteiger partial charge >= 0.3 is 0 Å². The Balaban J connectivity index is 2.17. The number of hydrogen-bond acceptors (Lipinski definition) is 6. The second-order valence-corrected chi connectivity index (χ2v) is 4.61. The smallest absolute Gasteiger partial charge is 0.256 e. The van der Waals surface area contributed by atoms with Crippen molar-refractivity contribution < 1.29 is 9.53 Å². The molecule has 2 heterocycles. The van der Waals surface area contributed by atoms with Gasteiger partial charge in [-0.15, -0.1) is 0 Å². The van der Waals surface area contributed by atoms with Crippen molar-refractivity contribution in [3.05, 3.63) is 24.0 Å². The highest BCUT2D eigenvalue weighted by molar-refractivity contribution is 5.99. The number of carbonyl (C=O) groups excluding carboxylic acids is 1. The fourth-order valence-corrected chi connectivity index (χ4v) is 1.74. The van der Waals surface area contributed by atoms with Gasteiger partial charge in [-0.1, -0.05) is 0 Å². The van der Waals surface area contributed by atoms with Crippen LogP contribution in [0.2, 0.25) is 0 Å². The van der Waals surface area contributed by atoms with E-state index in [4.69, 9.17) is 10.5 Å². The third kappa shape index (κ3) is 3.67. The number of nitrogens with one attached hydrogen (secondary N) is 2. The average molecular weight is 292 g/mol. The van der Waals surface area contributed by atoms with Crippen molar-refractivity contribution in [1.29, 1.82) is 0 Å². The maximum absolute atomic E-state index is 12.2. The molecule has 0 saturated heterocycles. The molecule has 2 aromatic rings.